The Bertz CT molecular complexity index is 1660. The zero-order valence-corrected chi connectivity index (χ0v) is 23.1. The molecular weight excluding hydrogens is 586 g/mol. The van der Waals surface area contributed by atoms with E-state index in [1.807, 2.05) is 60.7 Å². The van der Waals surface area contributed by atoms with Crippen LogP contribution in [0.4, 0.5) is 5.69 Å². The van der Waals surface area contributed by atoms with Crippen LogP contribution in [0.2, 0.25) is 0 Å². The molecule has 2 bridgehead atoms. The monoisotopic (exact) mass is 607 g/mol. The largest absolute Gasteiger partial charge is 0.273 e. The van der Waals surface area contributed by atoms with Crippen LogP contribution >= 0.6 is 15.9 Å². The van der Waals surface area contributed by atoms with Crippen LogP contribution in [-0.2, 0) is 16.1 Å². The molecule has 0 saturated carbocycles. The third kappa shape index (κ3) is 3.83. The van der Waals surface area contributed by atoms with Gasteiger partial charge in [-0.3, -0.25) is 24.5 Å². The highest BCUT2D eigenvalue weighted by Crippen LogP contribution is 2.61. The highest BCUT2D eigenvalue weighted by atomic mass is 79.9. The van der Waals surface area contributed by atoms with Crippen molar-refractivity contribution in [2.45, 2.75) is 18.4 Å². The molecule has 1 fully saturated rings. The lowest BCUT2D eigenvalue weighted by Crippen LogP contribution is -2.50. The lowest BCUT2D eigenvalue weighted by molar-refractivity contribution is -0.384. The van der Waals surface area contributed by atoms with E-state index in [2.05, 4.69) is 15.9 Å². The molecule has 4 aromatic rings. The van der Waals surface area contributed by atoms with Gasteiger partial charge in [0.05, 0.1) is 23.3 Å². The summed E-state index contributed by atoms with van der Waals surface area (Å²) in [6.07, 6.45) is 0. The zero-order chi connectivity index (χ0) is 28.4. The van der Waals surface area contributed by atoms with Crippen molar-refractivity contribution >= 4 is 39.3 Å². The fourth-order valence-corrected chi connectivity index (χ4v) is 7.06. The maximum absolute atomic E-state index is 14.4. The first-order valence-electron chi connectivity index (χ1n) is 13.2. The van der Waals surface area contributed by atoms with Gasteiger partial charge in [-0.15, -0.1) is 0 Å². The molecule has 0 unspecified atom stereocenters. The SMILES string of the molecule is O=C(c1cccc([N+](=O)[O-])c1)N(Cc1ccc(Br)cc1)N1C(=O)[C@@H]2C3c4ccccc4C(c4ccccc43)[C@@H]2C1=O. The van der Waals surface area contributed by atoms with Gasteiger partial charge in [-0.25, -0.2) is 5.01 Å². The van der Waals surface area contributed by atoms with E-state index in [1.165, 1.54) is 24.3 Å². The molecule has 9 heteroatoms. The summed E-state index contributed by atoms with van der Waals surface area (Å²) in [5.74, 6) is -3.50. The van der Waals surface area contributed by atoms with Crippen LogP contribution in [0.25, 0.3) is 0 Å². The average molecular weight is 608 g/mol. The molecule has 1 saturated heterocycles. The second-order valence-corrected chi connectivity index (χ2v) is 11.5. The third-order valence-electron chi connectivity index (χ3n) is 8.45. The van der Waals surface area contributed by atoms with Gasteiger partial charge in [-0.05, 0) is 46.0 Å². The van der Waals surface area contributed by atoms with E-state index in [0.29, 0.717) is 5.56 Å². The maximum atomic E-state index is 14.4. The van der Waals surface area contributed by atoms with Gasteiger partial charge in [0.15, 0.2) is 0 Å². The third-order valence-corrected chi connectivity index (χ3v) is 8.98. The Kier molecular flexibility index (Phi) is 5.86. The van der Waals surface area contributed by atoms with Crippen molar-refractivity contribution < 1.29 is 19.3 Å². The number of hydrazine groups is 1. The molecule has 0 radical (unpaired) electrons. The molecule has 4 aliphatic rings. The lowest BCUT2D eigenvalue weighted by atomic mass is 9.55. The van der Waals surface area contributed by atoms with E-state index in [9.17, 15) is 24.5 Å². The van der Waals surface area contributed by atoms with E-state index >= 15 is 0 Å². The van der Waals surface area contributed by atoms with Crippen LogP contribution in [-0.4, -0.2) is 32.7 Å². The number of halogens is 1. The molecule has 3 aliphatic carbocycles. The van der Waals surface area contributed by atoms with Crippen LogP contribution < -0.4 is 0 Å². The standard InChI is InChI=1S/C32H22BrN3O5/c33-20-14-12-18(13-15-20)17-34(30(37)19-6-5-7-21(16-19)36(40)41)35-31(38)28-26-22-8-1-2-9-23(22)27(29(28)32(35)39)25-11-4-3-10-24(25)26/h1-16,26-29H,17H2/t26?,27?,28-,29+. The van der Waals surface area contributed by atoms with E-state index < -0.39 is 34.5 Å². The molecule has 4 aromatic carbocycles. The van der Waals surface area contributed by atoms with E-state index in [4.69, 9.17) is 0 Å². The molecule has 1 heterocycles. The minimum Gasteiger partial charge on any atom is -0.272 e. The van der Waals surface area contributed by atoms with Crippen molar-refractivity contribution in [3.63, 3.8) is 0 Å². The quantitative estimate of drug-likeness (QED) is 0.162. The number of nitro benzene ring substituents is 1. The number of benzene rings is 4. The van der Waals surface area contributed by atoms with Crippen molar-refractivity contribution in [1.29, 1.82) is 0 Å². The molecule has 2 atom stereocenters. The van der Waals surface area contributed by atoms with Gasteiger partial charge in [0.2, 0.25) is 0 Å². The predicted molar refractivity (Wildman–Crippen MR) is 153 cm³/mol. The van der Waals surface area contributed by atoms with Crippen molar-refractivity contribution in [3.05, 3.63) is 145 Å². The molecule has 202 valence electrons. The first kappa shape index (κ1) is 25.3. The van der Waals surface area contributed by atoms with E-state index in [-0.39, 0.29) is 29.6 Å². The Labute approximate surface area is 243 Å². The van der Waals surface area contributed by atoms with Crippen molar-refractivity contribution in [2.24, 2.45) is 11.8 Å². The Hall–Kier alpha value is -4.63. The molecule has 0 spiro atoms. The van der Waals surface area contributed by atoms with E-state index in [1.54, 1.807) is 12.1 Å². The second kappa shape index (κ2) is 9.49. The van der Waals surface area contributed by atoms with Gasteiger partial charge in [-0.2, -0.15) is 5.01 Å². The minimum atomic E-state index is -0.667. The molecule has 0 N–H and O–H groups in total. The summed E-state index contributed by atoms with van der Waals surface area (Å²) in [7, 11) is 0. The molecule has 8 rings (SSSR count). The maximum Gasteiger partial charge on any atom is 0.273 e. The predicted octanol–water partition coefficient (Wildman–Crippen LogP) is 5.81. The summed E-state index contributed by atoms with van der Waals surface area (Å²) in [5, 5.41) is 13.6. The molecular formula is C32H22BrN3O5. The second-order valence-electron chi connectivity index (χ2n) is 10.5. The summed E-state index contributed by atoms with van der Waals surface area (Å²) < 4.78 is 0.837. The van der Waals surface area contributed by atoms with Gasteiger partial charge in [0, 0.05) is 34.0 Å². The van der Waals surface area contributed by atoms with Gasteiger partial charge < -0.3 is 0 Å². The highest BCUT2D eigenvalue weighted by molar-refractivity contribution is 9.10. The number of carbonyl (C=O) groups excluding carboxylic acids is 3. The summed E-state index contributed by atoms with van der Waals surface area (Å²) in [6.45, 7) is -0.0685. The van der Waals surface area contributed by atoms with Crippen LogP contribution in [0.3, 0.4) is 0 Å². The van der Waals surface area contributed by atoms with Gasteiger partial charge >= 0.3 is 0 Å². The molecule has 41 heavy (non-hydrogen) atoms. The number of hydrogen-bond acceptors (Lipinski definition) is 5. The zero-order valence-electron chi connectivity index (χ0n) is 21.5. The smallest absolute Gasteiger partial charge is 0.272 e. The summed E-state index contributed by atoms with van der Waals surface area (Å²) in [5.41, 5.74) is 4.58. The van der Waals surface area contributed by atoms with E-state index in [0.717, 1.165) is 36.7 Å². The molecule has 1 aliphatic heterocycles. The van der Waals surface area contributed by atoms with Crippen molar-refractivity contribution in [1.82, 2.24) is 10.0 Å². The fourth-order valence-electron chi connectivity index (χ4n) is 6.80. The van der Waals surface area contributed by atoms with Crippen LogP contribution in [0, 0.1) is 22.0 Å². The number of hydrogen-bond donors (Lipinski definition) is 0. The number of nitrogens with zero attached hydrogens (tertiary/aromatic N) is 3. The van der Waals surface area contributed by atoms with Crippen molar-refractivity contribution in [3.8, 4) is 0 Å². The van der Waals surface area contributed by atoms with Gasteiger partial charge in [-0.1, -0.05) is 82.7 Å². The summed E-state index contributed by atoms with van der Waals surface area (Å²) in [6, 6.07) is 28.4. The first-order valence-corrected chi connectivity index (χ1v) is 14.0. The average Bonchev–Trinajstić information content (AvgIpc) is 3.26. The summed E-state index contributed by atoms with van der Waals surface area (Å²) in [4.78, 5) is 53.6. The molecule has 3 amide bonds. The number of rotatable bonds is 5. The molecule has 0 aromatic heterocycles. The Balaban J connectivity index is 1.35. The Morgan fingerprint density at radius 3 is 1.78 bits per heavy atom. The van der Waals surface area contributed by atoms with Crippen LogP contribution in [0.5, 0.6) is 0 Å². The number of amides is 3. The normalized spacial score (nSPS) is 21.7. The minimum absolute atomic E-state index is 0.0151. The number of carbonyl (C=O) groups is 3. The first-order chi connectivity index (χ1) is 19.8. The lowest BCUT2D eigenvalue weighted by Gasteiger charge is -2.45. The number of imide groups is 1. The van der Waals surface area contributed by atoms with Gasteiger partial charge in [0.1, 0.15) is 0 Å². The van der Waals surface area contributed by atoms with Crippen molar-refractivity contribution in [2.75, 3.05) is 0 Å². The van der Waals surface area contributed by atoms with Gasteiger partial charge in [0.25, 0.3) is 23.4 Å². The Morgan fingerprint density at radius 1 is 0.780 bits per heavy atom. The van der Waals surface area contributed by atoms with Crippen LogP contribution in [0.1, 0.15) is 50.0 Å². The number of non-ortho nitro benzene ring substituents is 1. The highest BCUT2D eigenvalue weighted by Gasteiger charge is 2.63. The summed E-state index contributed by atoms with van der Waals surface area (Å²) >= 11 is 3.41. The molecule has 8 nitrogen and oxygen atoms in total. The fraction of sp³-hybridized carbons (Fsp3) is 0.156. The van der Waals surface area contributed by atoms with Crippen LogP contribution in [0.15, 0.2) is 102 Å². The Morgan fingerprint density at radius 2 is 1.29 bits per heavy atom. The number of nitro groups is 1. The topological polar surface area (TPSA) is 101 Å².